The molecule has 0 spiro atoms. The fraction of sp³-hybridized carbons (Fsp3) is 0.312. The molecule has 136 valence electrons. The monoisotopic (exact) mass is 374 g/mol. The second-order valence-electron chi connectivity index (χ2n) is 5.74. The largest absolute Gasteiger partial charge is 0.483 e. The molecule has 0 aliphatic heterocycles. The van der Waals surface area contributed by atoms with Crippen molar-refractivity contribution in [2.24, 2.45) is 7.05 Å². The lowest BCUT2D eigenvalue weighted by Gasteiger charge is -2.14. The van der Waals surface area contributed by atoms with Gasteiger partial charge in [-0.05, 0) is 26.0 Å². The van der Waals surface area contributed by atoms with E-state index in [0.29, 0.717) is 16.9 Å². The molecule has 1 unspecified atom stereocenters. The van der Waals surface area contributed by atoms with Gasteiger partial charge in [0.25, 0.3) is 0 Å². The molecule has 1 atom stereocenters. The Balaban J connectivity index is 1.64. The van der Waals surface area contributed by atoms with E-state index < -0.39 is 4.92 Å². The lowest BCUT2D eigenvalue weighted by atomic mass is 10.2. The molecule has 3 aromatic rings. The molecule has 10 heteroatoms. The normalized spacial score (nSPS) is 12.1. The Morgan fingerprint density at radius 2 is 2.04 bits per heavy atom. The summed E-state index contributed by atoms with van der Waals surface area (Å²) < 4.78 is 9.26. The van der Waals surface area contributed by atoms with Crippen LogP contribution in [0.3, 0.4) is 0 Å². The van der Waals surface area contributed by atoms with Gasteiger partial charge in [-0.15, -0.1) is 10.2 Å². The Morgan fingerprint density at radius 1 is 1.31 bits per heavy atom. The molecule has 0 N–H and O–H groups in total. The molecule has 0 fully saturated rings. The topological polar surface area (TPSA) is 101 Å². The zero-order chi connectivity index (χ0) is 18.7. The van der Waals surface area contributed by atoms with E-state index in [4.69, 9.17) is 4.74 Å². The zero-order valence-electron chi connectivity index (χ0n) is 14.6. The maximum absolute atomic E-state index is 10.7. The predicted molar refractivity (Wildman–Crippen MR) is 96.0 cm³/mol. The van der Waals surface area contributed by atoms with Gasteiger partial charge in [0.15, 0.2) is 17.1 Å². The molecule has 0 radical (unpaired) electrons. The first-order valence-corrected chi connectivity index (χ1v) is 8.85. The summed E-state index contributed by atoms with van der Waals surface area (Å²) in [6.07, 6.45) is 2.34. The first-order chi connectivity index (χ1) is 12.4. The summed E-state index contributed by atoms with van der Waals surface area (Å²) in [7, 11) is 1.86. The number of rotatable bonds is 7. The SMILES string of the molecule is Cc1ccc(OC(C)c2nnc(SCn3cc([N+](=O)[O-])cn3)n2C)cc1. The zero-order valence-corrected chi connectivity index (χ0v) is 15.4. The molecule has 26 heavy (non-hydrogen) atoms. The van der Waals surface area contributed by atoms with E-state index in [2.05, 4.69) is 15.3 Å². The van der Waals surface area contributed by atoms with E-state index in [1.54, 1.807) is 0 Å². The van der Waals surface area contributed by atoms with Crippen LogP contribution in [-0.4, -0.2) is 29.5 Å². The van der Waals surface area contributed by atoms with Gasteiger partial charge in [0.1, 0.15) is 18.1 Å². The van der Waals surface area contributed by atoms with Gasteiger partial charge >= 0.3 is 5.69 Å². The van der Waals surface area contributed by atoms with Crippen LogP contribution in [0.15, 0.2) is 41.8 Å². The van der Waals surface area contributed by atoms with Crippen LogP contribution in [0.5, 0.6) is 5.75 Å². The first kappa shape index (κ1) is 17.9. The molecule has 2 heterocycles. The van der Waals surface area contributed by atoms with Crippen molar-refractivity contribution in [3.05, 3.63) is 58.2 Å². The van der Waals surface area contributed by atoms with Gasteiger partial charge in [0, 0.05) is 7.05 Å². The third-order valence-electron chi connectivity index (χ3n) is 3.72. The second-order valence-corrected chi connectivity index (χ2v) is 6.65. The predicted octanol–water partition coefficient (Wildman–Crippen LogP) is 3.12. The van der Waals surface area contributed by atoms with E-state index in [9.17, 15) is 10.1 Å². The quantitative estimate of drug-likeness (QED) is 0.356. The highest BCUT2D eigenvalue weighted by atomic mass is 32.2. The minimum absolute atomic E-state index is 0.0376. The standard InChI is InChI=1S/C16H18N6O3S/c1-11-4-6-14(7-5-11)25-12(2)15-18-19-16(20(15)3)26-10-21-9-13(8-17-21)22(23)24/h4-9,12H,10H2,1-3H3. The van der Waals surface area contributed by atoms with Crippen molar-refractivity contribution in [3.8, 4) is 5.75 Å². The molecular formula is C16H18N6O3S. The van der Waals surface area contributed by atoms with Crippen molar-refractivity contribution in [1.82, 2.24) is 24.5 Å². The van der Waals surface area contributed by atoms with Crippen LogP contribution < -0.4 is 4.74 Å². The Labute approximate surface area is 154 Å². The Kier molecular flexibility index (Phi) is 5.21. The van der Waals surface area contributed by atoms with Crippen LogP contribution in [0, 0.1) is 17.0 Å². The minimum Gasteiger partial charge on any atom is -0.483 e. The van der Waals surface area contributed by atoms with Crippen LogP contribution in [-0.2, 0) is 12.9 Å². The van der Waals surface area contributed by atoms with Crippen molar-refractivity contribution >= 4 is 17.4 Å². The average molecular weight is 374 g/mol. The third kappa shape index (κ3) is 4.02. The summed E-state index contributed by atoms with van der Waals surface area (Å²) in [4.78, 5) is 10.2. The fourth-order valence-electron chi connectivity index (χ4n) is 2.32. The number of ether oxygens (including phenoxy) is 1. The number of hydrogen-bond donors (Lipinski definition) is 0. The molecule has 3 rings (SSSR count). The van der Waals surface area contributed by atoms with Crippen LogP contribution in [0.25, 0.3) is 0 Å². The summed E-state index contributed by atoms with van der Waals surface area (Å²) in [6.45, 7) is 3.93. The van der Waals surface area contributed by atoms with Crippen molar-refractivity contribution in [2.45, 2.75) is 31.0 Å². The molecule has 0 saturated carbocycles. The van der Waals surface area contributed by atoms with Gasteiger partial charge in [-0.2, -0.15) is 5.10 Å². The number of nitro groups is 1. The summed E-state index contributed by atoms with van der Waals surface area (Å²) in [5, 5.41) is 23.7. The number of aryl methyl sites for hydroxylation is 1. The lowest BCUT2D eigenvalue weighted by molar-refractivity contribution is -0.385. The summed E-state index contributed by atoms with van der Waals surface area (Å²) >= 11 is 1.38. The highest BCUT2D eigenvalue weighted by molar-refractivity contribution is 7.98. The summed E-state index contributed by atoms with van der Waals surface area (Å²) in [5.41, 5.74) is 1.13. The molecule has 0 saturated heterocycles. The Morgan fingerprint density at radius 3 is 2.69 bits per heavy atom. The van der Waals surface area contributed by atoms with Crippen LogP contribution in [0.2, 0.25) is 0 Å². The molecule has 0 aliphatic rings. The van der Waals surface area contributed by atoms with Crippen LogP contribution in [0.1, 0.15) is 24.4 Å². The number of nitrogens with zero attached hydrogens (tertiary/aromatic N) is 6. The smallest absolute Gasteiger partial charge is 0.307 e. The third-order valence-corrected chi connectivity index (χ3v) is 4.73. The van der Waals surface area contributed by atoms with E-state index in [1.165, 1.54) is 34.4 Å². The van der Waals surface area contributed by atoms with Crippen LogP contribution >= 0.6 is 11.8 Å². The fourth-order valence-corrected chi connectivity index (χ4v) is 3.10. The highest BCUT2D eigenvalue weighted by Gasteiger charge is 2.18. The summed E-state index contributed by atoms with van der Waals surface area (Å²) in [5.74, 6) is 1.86. The second kappa shape index (κ2) is 7.56. The van der Waals surface area contributed by atoms with Crippen molar-refractivity contribution < 1.29 is 9.66 Å². The minimum atomic E-state index is -0.474. The Bertz CT molecular complexity index is 905. The molecule has 0 aliphatic carbocycles. The first-order valence-electron chi connectivity index (χ1n) is 7.86. The molecule has 9 nitrogen and oxygen atoms in total. The Hall–Kier alpha value is -2.88. The van der Waals surface area contributed by atoms with Gasteiger partial charge in [-0.3, -0.25) is 14.8 Å². The summed E-state index contributed by atoms with van der Waals surface area (Å²) in [6, 6.07) is 7.82. The highest BCUT2D eigenvalue weighted by Crippen LogP contribution is 2.24. The molecule has 0 bridgehead atoms. The van der Waals surface area contributed by atoms with Gasteiger partial charge in [-0.25, -0.2) is 0 Å². The van der Waals surface area contributed by atoms with E-state index in [0.717, 1.165) is 5.75 Å². The maximum Gasteiger partial charge on any atom is 0.307 e. The molecular weight excluding hydrogens is 356 g/mol. The van der Waals surface area contributed by atoms with Gasteiger partial charge in [-0.1, -0.05) is 29.5 Å². The molecule has 2 aromatic heterocycles. The van der Waals surface area contributed by atoms with Crippen molar-refractivity contribution in [1.29, 1.82) is 0 Å². The van der Waals surface area contributed by atoms with Crippen molar-refractivity contribution in [3.63, 3.8) is 0 Å². The van der Waals surface area contributed by atoms with Crippen LogP contribution in [0.4, 0.5) is 5.69 Å². The number of hydrogen-bond acceptors (Lipinski definition) is 7. The van der Waals surface area contributed by atoms with E-state index >= 15 is 0 Å². The number of aromatic nitrogens is 5. The van der Waals surface area contributed by atoms with Gasteiger partial charge in [0.2, 0.25) is 0 Å². The van der Waals surface area contributed by atoms with E-state index in [-0.39, 0.29) is 11.8 Å². The van der Waals surface area contributed by atoms with Gasteiger partial charge < -0.3 is 9.30 Å². The van der Waals surface area contributed by atoms with Gasteiger partial charge in [0.05, 0.1) is 10.8 Å². The van der Waals surface area contributed by atoms with Crippen molar-refractivity contribution in [2.75, 3.05) is 0 Å². The lowest BCUT2D eigenvalue weighted by Crippen LogP contribution is -2.10. The average Bonchev–Trinajstić information content (AvgIpc) is 3.22. The number of thioether (sulfide) groups is 1. The number of benzene rings is 1. The molecule has 1 aromatic carbocycles. The maximum atomic E-state index is 10.7. The van der Waals surface area contributed by atoms with E-state index in [1.807, 2.05) is 49.7 Å². The molecule has 0 amide bonds.